The zero-order valence-corrected chi connectivity index (χ0v) is 10.9. The fourth-order valence-electron chi connectivity index (χ4n) is 1.35. The molecule has 6 heteroatoms. The number of benzene rings is 1. The Bertz CT molecular complexity index is 438. The fourth-order valence-corrected chi connectivity index (χ4v) is 1.35. The number of aliphatic hydroxyl groups is 1. The number of carbonyl (C=O) groups is 1. The van der Waals surface area contributed by atoms with E-state index in [2.05, 4.69) is 0 Å². The van der Waals surface area contributed by atoms with E-state index in [-0.39, 0.29) is 18.3 Å². The highest BCUT2D eigenvalue weighted by Gasteiger charge is 2.12. The van der Waals surface area contributed by atoms with Gasteiger partial charge in [-0.25, -0.2) is 8.78 Å². The van der Waals surface area contributed by atoms with E-state index in [0.29, 0.717) is 19.0 Å². The summed E-state index contributed by atoms with van der Waals surface area (Å²) in [7, 11) is 1.56. The first-order valence-corrected chi connectivity index (χ1v) is 5.90. The minimum Gasteiger partial charge on any atom is -0.481 e. The van der Waals surface area contributed by atoms with Crippen molar-refractivity contribution in [1.82, 2.24) is 4.90 Å². The van der Waals surface area contributed by atoms with Gasteiger partial charge < -0.3 is 14.7 Å². The molecule has 1 aromatic carbocycles. The van der Waals surface area contributed by atoms with Gasteiger partial charge in [-0.3, -0.25) is 4.79 Å². The largest absolute Gasteiger partial charge is 0.481 e. The molecule has 0 spiro atoms. The smallest absolute Gasteiger partial charge is 0.260 e. The first kappa shape index (κ1) is 15.4. The van der Waals surface area contributed by atoms with Crippen LogP contribution < -0.4 is 4.74 Å². The summed E-state index contributed by atoms with van der Waals surface area (Å²) in [6.07, 6.45) is -0.0432. The zero-order chi connectivity index (χ0) is 14.4. The second kappa shape index (κ2) is 7.04. The van der Waals surface area contributed by atoms with Crippen LogP contribution in [0.25, 0.3) is 0 Å². The lowest BCUT2D eigenvalue weighted by molar-refractivity contribution is -0.132. The van der Waals surface area contributed by atoms with Crippen LogP contribution in [0.1, 0.15) is 13.3 Å². The third-order valence-corrected chi connectivity index (χ3v) is 2.55. The first-order valence-electron chi connectivity index (χ1n) is 5.90. The Balaban J connectivity index is 2.45. The zero-order valence-electron chi connectivity index (χ0n) is 10.9. The predicted octanol–water partition coefficient (Wildman–Crippen LogP) is 1.57. The molecule has 0 saturated heterocycles. The molecule has 0 bridgehead atoms. The van der Waals surface area contributed by atoms with E-state index >= 15 is 0 Å². The third kappa shape index (κ3) is 5.21. The Hall–Kier alpha value is -1.69. The van der Waals surface area contributed by atoms with Crippen molar-refractivity contribution in [3.63, 3.8) is 0 Å². The van der Waals surface area contributed by atoms with Crippen LogP contribution in [-0.2, 0) is 4.79 Å². The minimum atomic E-state index is -0.848. The maximum atomic E-state index is 13.2. The molecule has 0 heterocycles. The number of nitrogens with zero attached hydrogens (tertiary/aromatic N) is 1. The van der Waals surface area contributed by atoms with Gasteiger partial charge >= 0.3 is 0 Å². The fraction of sp³-hybridized carbons (Fsp3) is 0.462. The van der Waals surface area contributed by atoms with Crippen molar-refractivity contribution >= 4 is 5.91 Å². The Morgan fingerprint density at radius 3 is 2.74 bits per heavy atom. The molecule has 0 aliphatic rings. The minimum absolute atomic E-state index is 0.168. The van der Waals surface area contributed by atoms with E-state index in [4.69, 9.17) is 9.84 Å². The van der Waals surface area contributed by atoms with Gasteiger partial charge in [0.1, 0.15) is 5.82 Å². The summed E-state index contributed by atoms with van der Waals surface area (Å²) in [6, 6.07) is 2.88. The normalized spacial score (nSPS) is 12.1. The number of carbonyl (C=O) groups excluding carboxylic acids is 1. The van der Waals surface area contributed by atoms with Crippen LogP contribution in [-0.4, -0.2) is 42.2 Å². The van der Waals surface area contributed by atoms with Crippen molar-refractivity contribution in [2.45, 2.75) is 19.4 Å². The number of aliphatic hydroxyl groups excluding tert-OH is 1. The summed E-state index contributed by atoms with van der Waals surface area (Å²) < 4.78 is 30.9. The maximum absolute atomic E-state index is 13.2. The van der Waals surface area contributed by atoms with Crippen LogP contribution in [0, 0.1) is 11.6 Å². The van der Waals surface area contributed by atoms with Crippen LogP contribution in [0.5, 0.6) is 5.75 Å². The van der Waals surface area contributed by atoms with Crippen LogP contribution in [0.2, 0.25) is 0 Å². The molecule has 0 aliphatic heterocycles. The second-order valence-corrected chi connectivity index (χ2v) is 4.32. The Morgan fingerprint density at radius 2 is 2.16 bits per heavy atom. The van der Waals surface area contributed by atoms with E-state index in [9.17, 15) is 13.6 Å². The molecule has 4 nitrogen and oxygen atoms in total. The van der Waals surface area contributed by atoms with Gasteiger partial charge in [-0.1, -0.05) is 0 Å². The monoisotopic (exact) mass is 273 g/mol. The van der Waals surface area contributed by atoms with Gasteiger partial charge in [0.2, 0.25) is 0 Å². The molecule has 1 N–H and O–H groups in total. The number of ether oxygens (including phenoxy) is 1. The summed E-state index contributed by atoms with van der Waals surface area (Å²) in [4.78, 5) is 13.0. The molecule has 0 saturated carbocycles. The number of rotatable bonds is 6. The molecule has 1 atom stereocenters. The van der Waals surface area contributed by atoms with E-state index in [1.165, 1.54) is 4.90 Å². The molecule has 0 fully saturated rings. The highest BCUT2D eigenvalue weighted by molar-refractivity contribution is 5.77. The van der Waals surface area contributed by atoms with Gasteiger partial charge in [0.15, 0.2) is 18.2 Å². The van der Waals surface area contributed by atoms with Gasteiger partial charge in [-0.05, 0) is 25.5 Å². The molecular formula is C13H17F2NO3. The third-order valence-electron chi connectivity index (χ3n) is 2.55. The number of hydrogen-bond acceptors (Lipinski definition) is 3. The summed E-state index contributed by atoms with van der Waals surface area (Å²) in [5.41, 5.74) is 0. The van der Waals surface area contributed by atoms with Crippen molar-refractivity contribution < 1.29 is 23.4 Å². The van der Waals surface area contributed by atoms with Crippen LogP contribution in [0.4, 0.5) is 8.78 Å². The molecule has 0 aliphatic carbocycles. The lowest BCUT2D eigenvalue weighted by Gasteiger charge is -2.18. The Morgan fingerprint density at radius 1 is 1.47 bits per heavy atom. The van der Waals surface area contributed by atoms with Gasteiger partial charge in [-0.2, -0.15) is 0 Å². The standard InChI is InChI=1S/C13H17F2NO3/c1-9(17)5-6-16(2)13(18)8-19-12-4-3-10(14)7-11(12)15/h3-4,7,9,17H,5-6,8H2,1-2H3. The maximum Gasteiger partial charge on any atom is 0.260 e. The summed E-state index contributed by atoms with van der Waals surface area (Å²) >= 11 is 0. The van der Waals surface area contributed by atoms with Crippen molar-refractivity contribution in [3.8, 4) is 5.75 Å². The van der Waals surface area contributed by atoms with Crippen molar-refractivity contribution in [3.05, 3.63) is 29.8 Å². The highest BCUT2D eigenvalue weighted by atomic mass is 19.1. The van der Waals surface area contributed by atoms with Gasteiger partial charge in [0, 0.05) is 19.7 Å². The van der Waals surface area contributed by atoms with Crippen LogP contribution >= 0.6 is 0 Å². The van der Waals surface area contributed by atoms with E-state index in [1.54, 1.807) is 14.0 Å². The first-order chi connectivity index (χ1) is 8.90. The van der Waals surface area contributed by atoms with E-state index < -0.39 is 17.7 Å². The Labute approximate surface area is 110 Å². The molecule has 0 radical (unpaired) electrons. The number of likely N-dealkylation sites (N-methyl/N-ethyl adjacent to an activating group) is 1. The van der Waals surface area contributed by atoms with Crippen LogP contribution in [0.15, 0.2) is 18.2 Å². The van der Waals surface area contributed by atoms with Gasteiger partial charge in [-0.15, -0.1) is 0 Å². The van der Waals surface area contributed by atoms with Crippen molar-refractivity contribution in [1.29, 1.82) is 0 Å². The van der Waals surface area contributed by atoms with E-state index in [0.717, 1.165) is 12.1 Å². The summed E-state index contributed by atoms with van der Waals surface area (Å²) in [5.74, 6) is -2.06. The topological polar surface area (TPSA) is 49.8 Å². The molecule has 1 rings (SSSR count). The Kier molecular flexibility index (Phi) is 5.69. The number of halogens is 2. The summed E-state index contributed by atoms with van der Waals surface area (Å²) in [6.45, 7) is 1.67. The predicted molar refractivity (Wildman–Crippen MR) is 65.8 cm³/mol. The van der Waals surface area contributed by atoms with Crippen molar-refractivity contribution in [2.75, 3.05) is 20.2 Å². The SMILES string of the molecule is CC(O)CCN(C)C(=O)COc1ccc(F)cc1F. The molecule has 1 aromatic rings. The molecule has 1 unspecified atom stereocenters. The quantitative estimate of drug-likeness (QED) is 0.856. The molecular weight excluding hydrogens is 256 g/mol. The molecule has 0 aromatic heterocycles. The highest BCUT2D eigenvalue weighted by Crippen LogP contribution is 2.17. The molecule has 19 heavy (non-hydrogen) atoms. The van der Waals surface area contributed by atoms with Gasteiger partial charge in [0.05, 0.1) is 6.10 Å². The average molecular weight is 273 g/mol. The second-order valence-electron chi connectivity index (χ2n) is 4.32. The lowest BCUT2D eigenvalue weighted by Crippen LogP contribution is -2.33. The lowest BCUT2D eigenvalue weighted by atomic mass is 10.3. The van der Waals surface area contributed by atoms with E-state index in [1.807, 2.05) is 0 Å². The molecule has 1 amide bonds. The number of hydrogen-bond donors (Lipinski definition) is 1. The average Bonchev–Trinajstić information content (AvgIpc) is 2.34. The number of amides is 1. The van der Waals surface area contributed by atoms with Crippen LogP contribution in [0.3, 0.4) is 0 Å². The van der Waals surface area contributed by atoms with Gasteiger partial charge in [0.25, 0.3) is 5.91 Å². The molecule has 106 valence electrons. The summed E-state index contributed by atoms with van der Waals surface area (Å²) in [5, 5.41) is 9.10. The van der Waals surface area contributed by atoms with Crippen molar-refractivity contribution in [2.24, 2.45) is 0 Å².